The average Bonchev–Trinajstić information content (AvgIpc) is 2.50. The first-order chi connectivity index (χ1) is 9.81. The van der Waals surface area contributed by atoms with Gasteiger partial charge in [-0.15, -0.1) is 0 Å². The van der Waals surface area contributed by atoms with Crippen molar-refractivity contribution in [3.8, 4) is 0 Å². The Labute approximate surface area is 123 Å². The van der Waals surface area contributed by atoms with E-state index in [1.165, 1.54) is 38.5 Å². The lowest BCUT2D eigenvalue weighted by Crippen LogP contribution is -2.44. The average molecular weight is 282 g/mol. The monoisotopic (exact) mass is 282 g/mol. The first-order valence-corrected chi connectivity index (χ1v) is 8.42. The van der Waals surface area contributed by atoms with Crippen molar-refractivity contribution in [2.75, 3.05) is 19.7 Å². The minimum Gasteiger partial charge on any atom is -0.378 e. The fourth-order valence-corrected chi connectivity index (χ4v) is 3.45. The number of nitrogens with zero attached hydrogens (tertiary/aromatic N) is 1. The third-order valence-corrected chi connectivity index (χ3v) is 4.62. The van der Waals surface area contributed by atoms with Gasteiger partial charge in [0, 0.05) is 19.2 Å². The second-order valence-corrected chi connectivity index (χ2v) is 6.21. The van der Waals surface area contributed by atoms with E-state index in [0.717, 1.165) is 32.4 Å². The highest BCUT2D eigenvalue weighted by Gasteiger charge is 2.27. The van der Waals surface area contributed by atoms with Crippen LogP contribution >= 0.6 is 0 Å². The molecule has 0 spiro atoms. The number of hydrogen-bond acceptors (Lipinski definition) is 3. The molecule has 1 aliphatic carbocycles. The predicted molar refractivity (Wildman–Crippen MR) is 80.5 cm³/mol. The van der Waals surface area contributed by atoms with Crippen molar-refractivity contribution in [2.24, 2.45) is 5.73 Å². The highest BCUT2D eigenvalue weighted by atomic mass is 16.5. The molecule has 1 aliphatic heterocycles. The van der Waals surface area contributed by atoms with Gasteiger partial charge in [0.2, 0.25) is 5.91 Å². The van der Waals surface area contributed by atoms with Gasteiger partial charge in [-0.3, -0.25) is 4.79 Å². The minimum absolute atomic E-state index is 0.153. The number of nitrogens with two attached hydrogens (primary N) is 1. The maximum Gasteiger partial charge on any atom is 0.225 e. The van der Waals surface area contributed by atoms with Gasteiger partial charge >= 0.3 is 0 Å². The van der Waals surface area contributed by atoms with Crippen molar-refractivity contribution in [2.45, 2.75) is 76.4 Å². The molecule has 1 heterocycles. The SMILES string of the molecule is NCCCN(C(=O)CC1CCCCO1)C1CCCCC1. The summed E-state index contributed by atoms with van der Waals surface area (Å²) in [6, 6.07) is 0.450. The van der Waals surface area contributed by atoms with Crippen LogP contribution in [0.15, 0.2) is 0 Å². The molecule has 1 saturated heterocycles. The smallest absolute Gasteiger partial charge is 0.225 e. The molecule has 20 heavy (non-hydrogen) atoms. The van der Waals surface area contributed by atoms with Gasteiger partial charge in [-0.05, 0) is 45.1 Å². The summed E-state index contributed by atoms with van der Waals surface area (Å²) in [5.74, 6) is 0.289. The van der Waals surface area contributed by atoms with Crippen LogP contribution in [0.25, 0.3) is 0 Å². The predicted octanol–water partition coefficient (Wildman–Crippen LogP) is 2.46. The third-order valence-electron chi connectivity index (χ3n) is 4.62. The Morgan fingerprint density at radius 3 is 2.50 bits per heavy atom. The normalized spacial score (nSPS) is 24.6. The van der Waals surface area contributed by atoms with Gasteiger partial charge < -0.3 is 15.4 Å². The zero-order chi connectivity index (χ0) is 14.2. The molecule has 2 rings (SSSR count). The Morgan fingerprint density at radius 1 is 1.10 bits per heavy atom. The Kier molecular flexibility index (Phi) is 6.80. The van der Waals surface area contributed by atoms with Crippen LogP contribution in [-0.2, 0) is 9.53 Å². The lowest BCUT2D eigenvalue weighted by atomic mass is 9.93. The second-order valence-electron chi connectivity index (χ2n) is 6.21. The van der Waals surface area contributed by atoms with Crippen molar-refractivity contribution < 1.29 is 9.53 Å². The number of carbonyl (C=O) groups is 1. The molecule has 1 amide bonds. The van der Waals surface area contributed by atoms with Gasteiger partial charge in [0.25, 0.3) is 0 Å². The van der Waals surface area contributed by atoms with Crippen molar-refractivity contribution in [3.63, 3.8) is 0 Å². The fraction of sp³-hybridized carbons (Fsp3) is 0.938. The summed E-state index contributed by atoms with van der Waals surface area (Å²) in [5.41, 5.74) is 5.63. The molecule has 0 bridgehead atoms. The Balaban J connectivity index is 1.87. The highest BCUT2D eigenvalue weighted by Crippen LogP contribution is 2.25. The van der Waals surface area contributed by atoms with Gasteiger partial charge in [0.15, 0.2) is 0 Å². The largest absolute Gasteiger partial charge is 0.378 e. The number of hydrogen-bond donors (Lipinski definition) is 1. The molecule has 2 aliphatic rings. The van der Waals surface area contributed by atoms with Gasteiger partial charge in [0.05, 0.1) is 12.5 Å². The van der Waals surface area contributed by atoms with E-state index < -0.39 is 0 Å². The minimum atomic E-state index is 0.153. The molecule has 116 valence electrons. The molecule has 1 unspecified atom stereocenters. The molecule has 0 aromatic rings. The van der Waals surface area contributed by atoms with Crippen molar-refractivity contribution >= 4 is 5.91 Å². The summed E-state index contributed by atoms with van der Waals surface area (Å²) >= 11 is 0. The topological polar surface area (TPSA) is 55.6 Å². The maximum atomic E-state index is 12.6. The van der Waals surface area contributed by atoms with Gasteiger partial charge in [-0.2, -0.15) is 0 Å². The first-order valence-electron chi connectivity index (χ1n) is 8.42. The van der Waals surface area contributed by atoms with E-state index >= 15 is 0 Å². The van der Waals surface area contributed by atoms with Crippen LogP contribution in [0, 0.1) is 0 Å². The molecule has 2 fully saturated rings. The third kappa shape index (κ3) is 4.74. The van der Waals surface area contributed by atoms with Crippen LogP contribution in [0.3, 0.4) is 0 Å². The van der Waals surface area contributed by atoms with Crippen LogP contribution in [0.4, 0.5) is 0 Å². The number of amides is 1. The summed E-state index contributed by atoms with van der Waals surface area (Å²) < 4.78 is 5.72. The van der Waals surface area contributed by atoms with Gasteiger partial charge in [-0.25, -0.2) is 0 Å². The van der Waals surface area contributed by atoms with E-state index in [2.05, 4.69) is 4.90 Å². The molecule has 4 nitrogen and oxygen atoms in total. The lowest BCUT2D eigenvalue weighted by Gasteiger charge is -2.35. The molecular formula is C16H30N2O2. The lowest BCUT2D eigenvalue weighted by molar-refractivity contribution is -0.138. The van der Waals surface area contributed by atoms with E-state index in [0.29, 0.717) is 19.0 Å². The zero-order valence-electron chi connectivity index (χ0n) is 12.7. The van der Waals surface area contributed by atoms with Gasteiger partial charge in [0.1, 0.15) is 0 Å². The van der Waals surface area contributed by atoms with Crippen LogP contribution < -0.4 is 5.73 Å². The fourth-order valence-electron chi connectivity index (χ4n) is 3.45. The van der Waals surface area contributed by atoms with Crippen molar-refractivity contribution in [1.82, 2.24) is 4.90 Å². The number of ether oxygens (including phenoxy) is 1. The summed E-state index contributed by atoms with van der Waals surface area (Å²) in [6.45, 7) is 2.31. The molecule has 4 heteroatoms. The second kappa shape index (κ2) is 8.63. The van der Waals surface area contributed by atoms with E-state index in [4.69, 9.17) is 10.5 Å². The highest BCUT2D eigenvalue weighted by molar-refractivity contribution is 5.77. The van der Waals surface area contributed by atoms with Crippen molar-refractivity contribution in [3.05, 3.63) is 0 Å². The Hall–Kier alpha value is -0.610. The van der Waals surface area contributed by atoms with Crippen LogP contribution in [0.1, 0.15) is 64.2 Å². The summed E-state index contributed by atoms with van der Waals surface area (Å²) in [5, 5.41) is 0. The van der Waals surface area contributed by atoms with E-state index in [-0.39, 0.29) is 12.0 Å². The Bertz CT molecular complexity index is 284. The molecule has 0 radical (unpaired) electrons. The molecule has 0 aromatic carbocycles. The van der Waals surface area contributed by atoms with E-state index in [1.807, 2.05) is 0 Å². The van der Waals surface area contributed by atoms with Gasteiger partial charge in [-0.1, -0.05) is 19.3 Å². The van der Waals surface area contributed by atoms with Crippen LogP contribution in [-0.4, -0.2) is 42.6 Å². The molecule has 1 atom stereocenters. The zero-order valence-corrected chi connectivity index (χ0v) is 12.7. The standard InChI is InChI=1S/C16H30N2O2/c17-10-6-11-18(14-7-2-1-3-8-14)16(19)13-15-9-4-5-12-20-15/h14-15H,1-13,17H2. The van der Waals surface area contributed by atoms with Crippen molar-refractivity contribution in [1.29, 1.82) is 0 Å². The summed E-state index contributed by atoms with van der Waals surface area (Å²) in [6.07, 6.45) is 11.2. The van der Waals surface area contributed by atoms with E-state index in [9.17, 15) is 4.79 Å². The molecular weight excluding hydrogens is 252 g/mol. The number of rotatable bonds is 6. The molecule has 1 saturated carbocycles. The number of carbonyl (C=O) groups excluding carboxylic acids is 1. The Morgan fingerprint density at radius 2 is 1.85 bits per heavy atom. The maximum absolute atomic E-state index is 12.6. The summed E-state index contributed by atoms with van der Waals surface area (Å²) in [4.78, 5) is 14.7. The first kappa shape index (κ1) is 15.8. The quantitative estimate of drug-likeness (QED) is 0.814. The van der Waals surface area contributed by atoms with E-state index in [1.54, 1.807) is 0 Å². The van der Waals surface area contributed by atoms with Crippen LogP contribution in [0.5, 0.6) is 0 Å². The van der Waals surface area contributed by atoms with Crippen LogP contribution in [0.2, 0.25) is 0 Å². The molecule has 2 N–H and O–H groups in total. The molecule has 0 aromatic heterocycles. The summed E-state index contributed by atoms with van der Waals surface area (Å²) in [7, 11) is 0.